The lowest BCUT2D eigenvalue weighted by atomic mass is 9.92. The number of rotatable bonds is 6. The molecule has 0 bridgehead atoms. The zero-order chi connectivity index (χ0) is 15.2. The van der Waals surface area contributed by atoms with Crippen LogP contribution in [0.15, 0.2) is 42.5 Å². The number of hydrogen-bond acceptors (Lipinski definition) is 1. The first-order valence-electron chi connectivity index (χ1n) is 6.92. The van der Waals surface area contributed by atoms with Gasteiger partial charge in [0.05, 0.1) is 0 Å². The van der Waals surface area contributed by atoms with E-state index in [9.17, 15) is 8.78 Å². The molecule has 21 heavy (non-hydrogen) atoms. The summed E-state index contributed by atoms with van der Waals surface area (Å²) in [5.41, 5.74) is 1.43. The standard InChI is InChI=1S/C17H18ClF2N/c1-21-11-12(9-13-5-2-3-7-15(13)18)10-14-6-4-8-16(19)17(14)20/h2-8,12,21H,9-11H2,1H3. The van der Waals surface area contributed by atoms with Gasteiger partial charge in [0.2, 0.25) is 0 Å². The molecular weight excluding hydrogens is 292 g/mol. The lowest BCUT2D eigenvalue weighted by molar-refractivity contribution is 0.459. The Balaban J connectivity index is 2.16. The summed E-state index contributed by atoms with van der Waals surface area (Å²) in [6.45, 7) is 0.710. The fourth-order valence-electron chi connectivity index (χ4n) is 2.50. The molecule has 4 heteroatoms. The molecule has 0 fully saturated rings. The highest BCUT2D eigenvalue weighted by molar-refractivity contribution is 6.31. The van der Waals surface area contributed by atoms with E-state index in [1.54, 1.807) is 12.1 Å². The van der Waals surface area contributed by atoms with Crippen molar-refractivity contribution >= 4 is 11.6 Å². The summed E-state index contributed by atoms with van der Waals surface area (Å²) in [4.78, 5) is 0. The zero-order valence-corrected chi connectivity index (χ0v) is 12.6. The van der Waals surface area contributed by atoms with Crippen molar-refractivity contribution in [2.75, 3.05) is 13.6 Å². The van der Waals surface area contributed by atoms with Crippen LogP contribution >= 0.6 is 11.6 Å². The lowest BCUT2D eigenvalue weighted by Gasteiger charge is -2.18. The van der Waals surface area contributed by atoms with Crippen molar-refractivity contribution in [3.8, 4) is 0 Å². The number of hydrogen-bond donors (Lipinski definition) is 1. The number of halogens is 3. The summed E-state index contributed by atoms with van der Waals surface area (Å²) in [6.07, 6.45) is 1.19. The van der Waals surface area contributed by atoms with Gasteiger partial charge in [0.25, 0.3) is 0 Å². The SMILES string of the molecule is CNCC(Cc1ccccc1Cl)Cc1cccc(F)c1F. The van der Waals surface area contributed by atoms with Crippen molar-refractivity contribution < 1.29 is 8.78 Å². The summed E-state index contributed by atoms with van der Waals surface area (Å²) in [5, 5.41) is 3.81. The van der Waals surface area contributed by atoms with Crippen molar-refractivity contribution in [2.24, 2.45) is 5.92 Å². The highest BCUT2D eigenvalue weighted by atomic mass is 35.5. The fourth-order valence-corrected chi connectivity index (χ4v) is 2.71. The highest BCUT2D eigenvalue weighted by Gasteiger charge is 2.16. The molecular formula is C17H18ClF2N. The third kappa shape index (κ3) is 4.26. The summed E-state index contributed by atoms with van der Waals surface area (Å²) < 4.78 is 27.1. The van der Waals surface area contributed by atoms with Crippen LogP contribution in [0, 0.1) is 17.6 Å². The average molecular weight is 310 g/mol. The molecule has 0 aromatic heterocycles. The molecule has 0 saturated heterocycles. The Kier molecular flexibility index (Phi) is 5.71. The van der Waals surface area contributed by atoms with E-state index in [-0.39, 0.29) is 5.92 Å². The molecule has 112 valence electrons. The second-order valence-corrected chi connectivity index (χ2v) is 5.54. The quantitative estimate of drug-likeness (QED) is 0.841. The minimum Gasteiger partial charge on any atom is -0.319 e. The van der Waals surface area contributed by atoms with Crippen LogP contribution in [0.1, 0.15) is 11.1 Å². The minimum absolute atomic E-state index is 0.145. The topological polar surface area (TPSA) is 12.0 Å². The first-order chi connectivity index (χ1) is 10.1. The lowest BCUT2D eigenvalue weighted by Crippen LogP contribution is -2.23. The van der Waals surface area contributed by atoms with Crippen LogP contribution in [-0.4, -0.2) is 13.6 Å². The van der Waals surface area contributed by atoms with Crippen LogP contribution in [0.2, 0.25) is 5.02 Å². The van der Waals surface area contributed by atoms with E-state index in [0.29, 0.717) is 23.6 Å². The molecule has 0 aliphatic heterocycles. The van der Waals surface area contributed by atoms with Gasteiger partial charge in [0, 0.05) is 5.02 Å². The van der Waals surface area contributed by atoms with E-state index in [1.165, 1.54) is 0 Å². The molecule has 1 atom stereocenters. The molecule has 1 N–H and O–H groups in total. The number of nitrogens with one attached hydrogen (secondary N) is 1. The first-order valence-corrected chi connectivity index (χ1v) is 7.30. The predicted octanol–water partition coefficient (Wildman–Crippen LogP) is 4.24. The molecule has 0 spiro atoms. The summed E-state index contributed by atoms with van der Waals surface area (Å²) in [5.74, 6) is -1.41. The summed E-state index contributed by atoms with van der Waals surface area (Å²) in [7, 11) is 1.85. The molecule has 0 aliphatic rings. The van der Waals surface area contributed by atoms with Crippen LogP contribution in [0.3, 0.4) is 0 Å². The molecule has 1 nitrogen and oxygen atoms in total. The number of benzene rings is 2. The Hall–Kier alpha value is -1.45. The van der Waals surface area contributed by atoms with Crippen LogP contribution in [0.25, 0.3) is 0 Å². The van der Waals surface area contributed by atoms with E-state index in [0.717, 1.165) is 18.1 Å². The Bertz CT molecular complexity index is 601. The molecule has 0 saturated carbocycles. The highest BCUT2D eigenvalue weighted by Crippen LogP contribution is 2.22. The molecule has 2 rings (SSSR count). The summed E-state index contributed by atoms with van der Waals surface area (Å²) in [6, 6.07) is 11.9. The molecule has 0 heterocycles. The van der Waals surface area contributed by atoms with Gasteiger partial charge in [-0.2, -0.15) is 0 Å². The largest absolute Gasteiger partial charge is 0.319 e. The Morgan fingerprint density at radius 2 is 1.67 bits per heavy atom. The van der Waals surface area contributed by atoms with Gasteiger partial charge >= 0.3 is 0 Å². The first kappa shape index (κ1) is 15.9. The van der Waals surface area contributed by atoms with Gasteiger partial charge in [-0.25, -0.2) is 8.78 Å². The maximum Gasteiger partial charge on any atom is 0.162 e. The molecule has 0 radical (unpaired) electrons. The Morgan fingerprint density at radius 1 is 1.00 bits per heavy atom. The molecule has 2 aromatic carbocycles. The van der Waals surface area contributed by atoms with E-state index in [1.807, 2.05) is 31.3 Å². The summed E-state index contributed by atoms with van der Waals surface area (Å²) >= 11 is 6.17. The van der Waals surface area contributed by atoms with Gasteiger partial charge in [0.15, 0.2) is 11.6 Å². The zero-order valence-electron chi connectivity index (χ0n) is 11.9. The molecule has 2 aromatic rings. The van der Waals surface area contributed by atoms with Crippen LogP contribution in [0.4, 0.5) is 8.78 Å². The average Bonchev–Trinajstić information content (AvgIpc) is 2.46. The van der Waals surface area contributed by atoms with Gasteiger partial charge in [0.1, 0.15) is 0 Å². The van der Waals surface area contributed by atoms with Crippen molar-refractivity contribution in [1.29, 1.82) is 0 Å². The normalized spacial score (nSPS) is 12.4. The van der Waals surface area contributed by atoms with Crippen LogP contribution in [-0.2, 0) is 12.8 Å². The maximum atomic E-state index is 13.8. The second-order valence-electron chi connectivity index (χ2n) is 5.14. The van der Waals surface area contributed by atoms with E-state index < -0.39 is 11.6 Å². The molecule has 1 unspecified atom stereocenters. The fraction of sp³-hybridized carbons (Fsp3) is 0.294. The van der Waals surface area contributed by atoms with Crippen molar-refractivity contribution in [2.45, 2.75) is 12.8 Å². The van der Waals surface area contributed by atoms with E-state index >= 15 is 0 Å². The van der Waals surface area contributed by atoms with Gasteiger partial charge < -0.3 is 5.32 Å². The predicted molar refractivity (Wildman–Crippen MR) is 82.6 cm³/mol. The third-order valence-corrected chi connectivity index (χ3v) is 3.87. The molecule has 0 amide bonds. The minimum atomic E-state index is -0.798. The van der Waals surface area contributed by atoms with E-state index in [4.69, 9.17) is 11.6 Å². The Morgan fingerprint density at radius 3 is 2.38 bits per heavy atom. The van der Waals surface area contributed by atoms with E-state index in [2.05, 4.69) is 5.32 Å². The molecule has 0 aliphatic carbocycles. The van der Waals surface area contributed by atoms with Gasteiger partial charge in [-0.3, -0.25) is 0 Å². The Labute approximate surface area is 128 Å². The second kappa shape index (κ2) is 7.53. The van der Waals surface area contributed by atoms with Crippen molar-refractivity contribution in [1.82, 2.24) is 5.32 Å². The van der Waals surface area contributed by atoms with Gasteiger partial charge in [-0.05, 0) is 55.6 Å². The smallest absolute Gasteiger partial charge is 0.162 e. The monoisotopic (exact) mass is 309 g/mol. The van der Waals surface area contributed by atoms with Gasteiger partial charge in [-0.15, -0.1) is 0 Å². The van der Waals surface area contributed by atoms with Crippen molar-refractivity contribution in [3.63, 3.8) is 0 Å². The third-order valence-electron chi connectivity index (χ3n) is 3.50. The van der Waals surface area contributed by atoms with Gasteiger partial charge in [-0.1, -0.05) is 41.9 Å². The van der Waals surface area contributed by atoms with Crippen LogP contribution < -0.4 is 5.32 Å². The van der Waals surface area contributed by atoms with Crippen LogP contribution in [0.5, 0.6) is 0 Å². The van der Waals surface area contributed by atoms with Crippen molar-refractivity contribution in [3.05, 3.63) is 70.2 Å². The maximum absolute atomic E-state index is 13.8.